The largest absolute Gasteiger partial charge is 0.298 e. The third-order valence-corrected chi connectivity index (χ3v) is 19.7. The van der Waals surface area contributed by atoms with Crippen LogP contribution in [0.25, 0.3) is 144 Å². The van der Waals surface area contributed by atoms with E-state index in [1.807, 2.05) is 0 Å². The Bertz CT molecular complexity index is 5460. The van der Waals surface area contributed by atoms with Crippen LogP contribution in [0.4, 0.5) is 25.8 Å². The van der Waals surface area contributed by atoms with Gasteiger partial charge in [0.15, 0.2) is 0 Å². The minimum Gasteiger partial charge on any atom is -0.298 e. The van der Waals surface area contributed by atoms with Crippen LogP contribution in [-0.4, -0.2) is 63.4 Å². The van der Waals surface area contributed by atoms with E-state index in [0.29, 0.717) is 0 Å². The first-order valence-electron chi connectivity index (χ1n) is 35.6. The van der Waals surface area contributed by atoms with Crippen LogP contribution in [0.5, 0.6) is 0 Å². The van der Waals surface area contributed by atoms with Crippen molar-refractivity contribution >= 4 is 49.4 Å². The van der Waals surface area contributed by atoms with Crippen LogP contribution in [0.15, 0.2) is 358 Å². The van der Waals surface area contributed by atoms with Gasteiger partial charge in [-0.05, 0) is 235 Å². The summed E-state index contributed by atoms with van der Waals surface area (Å²) < 4.78 is 29.8. The molecule has 0 N–H and O–H groups in total. The second-order valence-corrected chi connectivity index (χ2v) is 29.6. The Balaban J connectivity index is 0.000000133. The highest BCUT2D eigenvalue weighted by atomic mass is 19.1. The molecule has 0 atom stereocenters. The highest BCUT2D eigenvalue weighted by molar-refractivity contribution is 6.02. The Morgan fingerprint density at radius 3 is 0.721 bits per heavy atom. The van der Waals surface area contributed by atoms with Gasteiger partial charge >= 0.3 is 0 Å². The van der Waals surface area contributed by atoms with Crippen molar-refractivity contribution in [1.29, 1.82) is 0 Å². The highest BCUT2D eigenvalue weighted by Gasteiger charge is 2.19. The molecule has 508 valence electrons. The maximum atomic E-state index is 13.7. The second kappa shape index (κ2) is 29.6. The molecule has 0 aromatic heterocycles. The molecular weight excluding hydrogens is 1270 g/mol. The van der Waals surface area contributed by atoms with Gasteiger partial charge in [0, 0.05) is 18.2 Å². The first-order chi connectivity index (χ1) is 50.2. The molecule has 0 radical (unpaired) electrons. The molecule has 0 saturated carbocycles. The van der Waals surface area contributed by atoms with Crippen molar-refractivity contribution in [2.45, 2.75) is 0 Å². The molecule has 0 aliphatic carbocycles. The lowest BCUT2D eigenvalue weighted by Gasteiger charge is -2.23. The minimum absolute atomic E-state index is 0.268. The molecule has 0 bridgehead atoms. The second-order valence-electron chi connectivity index (χ2n) is 29.6. The van der Waals surface area contributed by atoms with Gasteiger partial charge in [0.1, 0.15) is 28.7 Å². The van der Waals surface area contributed by atoms with Gasteiger partial charge in [0.2, 0.25) is 0 Å². The van der Waals surface area contributed by atoms with Crippen LogP contribution in [0, 0.1) is 11.6 Å². The van der Waals surface area contributed by atoms with Gasteiger partial charge in [-0.15, -0.1) is 0 Å². The van der Waals surface area contributed by atoms with Crippen LogP contribution >= 0.6 is 0 Å². The monoisotopic (exact) mass is 1350 g/mol. The summed E-state index contributed by atoms with van der Waals surface area (Å²) in [6.45, 7) is 0. The van der Waals surface area contributed by atoms with Gasteiger partial charge in [-0.25, -0.2) is 8.78 Å². The van der Waals surface area contributed by atoms with Gasteiger partial charge in [-0.2, -0.15) is 0 Å². The molecule has 16 aromatic rings. The van der Waals surface area contributed by atoms with Gasteiger partial charge in [0.05, 0.1) is 63.4 Å². The van der Waals surface area contributed by atoms with Gasteiger partial charge in [-0.1, -0.05) is 249 Å². The third kappa shape index (κ3) is 15.7. The number of halogens is 2. The fourth-order valence-electron chi connectivity index (χ4n) is 13.8. The lowest BCUT2D eigenvalue weighted by Crippen LogP contribution is -2.34. The van der Waals surface area contributed by atoms with E-state index >= 15 is 0 Å². The molecule has 0 aliphatic rings. The molecule has 0 amide bonds. The van der Waals surface area contributed by atoms with E-state index in [1.165, 1.54) is 141 Å². The number of fused-ring (bicyclic) bond motifs is 3. The lowest BCUT2D eigenvalue weighted by molar-refractivity contribution is 0.486. The van der Waals surface area contributed by atoms with Gasteiger partial charge < -0.3 is 0 Å². The molecule has 5 heteroatoms. The van der Waals surface area contributed by atoms with Crippen LogP contribution in [0.2, 0.25) is 0 Å². The zero-order valence-corrected chi connectivity index (χ0v) is 60.7. The minimum atomic E-state index is -0.268. The quantitative estimate of drug-likeness (QED) is 0.101. The van der Waals surface area contributed by atoms with E-state index in [4.69, 9.17) is 0 Å². The summed E-state index contributed by atoms with van der Waals surface area (Å²) in [6.07, 6.45) is 0. The molecule has 0 spiro atoms. The topological polar surface area (TPSA) is 0 Å². The standard InChI is InChI=1S/C37H30F2N.2C31H28N/c1-40(2,3)35-8-4-6-27(24-35)28-14-19-37-29(20-28)7-5-9-36(37)32-22-30(25-10-15-33(38)16-11-25)21-31(23-32)26-12-17-34(39)18-13-26;2*1-32(2,3)29-16-8-13-25(22-29)26-18-19-31-28(21-26)15-9-17-30(31)27-14-7-12-24(20-27)23-10-5-4-6-11-23/h4-24H,1-3H3;2*4-22H,1-3H3/q3*+1. The van der Waals surface area contributed by atoms with E-state index in [9.17, 15) is 8.78 Å². The molecule has 0 fully saturated rings. The van der Waals surface area contributed by atoms with Gasteiger partial charge in [-0.3, -0.25) is 13.4 Å². The van der Waals surface area contributed by atoms with E-state index in [0.717, 1.165) is 57.6 Å². The van der Waals surface area contributed by atoms with Crippen LogP contribution < -0.4 is 13.4 Å². The van der Waals surface area contributed by atoms with E-state index in [2.05, 4.69) is 373 Å². The molecular formula is C99H86F2N3+3. The lowest BCUT2D eigenvalue weighted by atomic mass is 9.90. The Hall–Kier alpha value is -12.0. The molecule has 0 heterocycles. The Labute approximate surface area is 612 Å². The molecule has 3 nitrogen and oxygen atoms in total. The van der Waals surface area contributed by atoms with E-state index in [1.54, 1.807) is 24.3 Å². The summed E-state index contributed by atoms with van der Waals surface area (Å²) in [5.74, 6) is -0.536. The summed E-state index contributed by atoms with van der Waals surface area (Å²) in [5.41, 5.74) is 27.2. The summed E-state index contributed by atoms with van der Waals surface area (Å²) in [4.78, 5) is 0. The Morgan fingerprint density at radius 2 is 0.394 bits per heavy atom. The molecule has 0 unspecified atom stereocenters. The molecule has 0 saturated heterocycles. The van der Waals surface area contributed by atoms with Gasteiger partial charge in [0.25, 0.3) is 0 Å². The highest BCUT2D eigenvalue weighted by Crippen LogP contribution is 2.41. The number of hydrogen-bond acceptors (Lipinski definition) is 0. The number of nitrogens with zero attached hydrogens (tertiary/aromatic N) is 3. The fraction of sp³-hybridized carbons (Fsp3) is 0.0909. The smallest absolute Gasteiger partial charge is 0.132 e. The number of hydrogen-bond donors (Lipinski definition) is 0. The molecule has 16 aromatic carbocycles. The predicted molar refractivity (Wildman–Crippen MR) is 445 cm³/mol. The van der Waals surface area contributed by atoms with Crippen molar-refractivity contribution in [2.24, 2.45) is 0 Å². The summed E-state index contributed by atoms with van der Waals surface area (Å²) in [6, 6.07) is 125. The fourth-order valence-corrected chi connectivity index (χ4v) is 13.8. The van der Waals surface area contributed by atoms with Crippen molar-refractivity contribution in [3.05, 3.63) is 370 Å². The molecule has 16 rings (SSSR count). The molecule has 0 aliphatic heterocycles. The third-order valence-electron chi connectivity index (χ3n) is 19.7. The summed E-state index contributed by atoms with van der Waals surface area (Å²) in [5, 5.41) is 7.39. The van der Waals surface area contributed by atoms with Crippen LogP contribution in [0.3, 0.4) is 0 Å². The SMILES string of the molecule is C[N+](C)(C)c1cccc(-c2ccc3c(-c4cc(-c5ccc(F)cc5)cc(-c5ccc(F)cc5)c4)cccc3c2)c1.C[N+](C)(C)c1cccc(-c2ccc3c(-c4cccc(-c5ccccc5)c4)cccc3c2)c1.C[N+](C)(C)c1cccc(-c2ccc3c(-c4cccc(-c5ccccc5)c4)cccc3c2)c1. The summed E-state index contributed by atoms with van der Waals surface area (Å²) in [7, 11) is 19.7. The Morgan fingerprint density at radius 1 is 0.163 bits per heavy atom. The number of quaternary nitrogens is 3. The van der Waals surface area contributed by atoms with Crippen molar-refractivity contribution in [1.82, 2.24) is 13.4 Å². The van der Waals surface area contributed by atoms with Crippen molar-refractivity contribution in [2.75, 3.05) is 63.4 Å². The zero-order chi connectivity index (χ0) is 72.1. The van der Waals surface area contributed by atoms with Crippen molar-refractivity contribution in [3.63, 3.8) is 0 Å². The number of benzene rings is 16. The number of rotatable bonds is 13. The predicted octanol–water partition coefficient (Wildman–Crippen LogP) is 26.1. The zero-order valence-electron chi connectivity index (χ0n) is 60.7. The van der Waals surface area contributed by atoms with Crippen molar-refractivity contribution < 1.29 is 8.78 Å². The maximum Gasteiger partial charge on any atom is 0.132 e. The van der Waals surface area contributed by atoms with E-state index < -0.39 is 0 Å². The Kier molecular flexibility index (Phi) is 19.6. The molecule has 104 heavy (non-hydrogen) atoms. The van der Waals surface area contributed by atoms with Crippen molar-refractivity contribution in [3.8, 4) is 111 Å². The normalized spacial score (nSPS) is 11.6. The summed E-state index contributed by atoms with van der Waals surface area (Å²) >= 11 is 0. The maximum absolute atomic E-state index is 13.7. The first kappa shape index (κ1) is 69.1. The average molecular weight is 1360 g/mol. The van der Waals surface area contributed by atoms with E-state index in [-0.39, 0.29) is 11.6 Å². The first-order valence-corrected chi connectivity index (χ1v) is 35.6. The average Bonchev–Trinajstić information content (AvgIpc) is 0.788. The van der Waals surface area contributed by atoms with Crippen LogP contribution in [-0.2, 0) is 0 Å². The van der Waals surface area contributed by atoms with Crippen LogP contribution in [0.1, 0.15) is 0 Å².